The van der Waals surface area contributed by atoms with E-state index in [4.69, 9.17) is 5.26 Å². The van der Waals surface area contributed by atoms with Crippen molar-refractivity contribution in [1.82, 2.24) is 4.98 Å². The third kappa shape index (κ3) is 1.99. The van der Waals surface area contributed by atoms with Crippen molar-refractivity contribution >= 4 is 15.9 Å². The average molecular weight is 263 g/mol. The Morgan fingerprint density at radius 3 is 2.71 bits per heavy atom. The van der Waals surface area contributed by atoms with Crippen molar-refractivity contribution < 1.29 is 13.9 Å². The minimum Gasteiger partial charge on any atom is -0.505 e. The second-order valence-corrected chi connectivity index (χ2v) is 3.01. The van der Waals surface area contributed by atoms with Gasteiger partial charge in [0.05, 0.1) is 0 Å². The summed E-state index contributed by atoms with van der Waals surface area (Å²) in [5.41, 5.74) is -0.683. The van der Waals surface area contributed by atoms with E-state index in [1.165, 1.54) is 6.07 Å². The second-order valence-electron chi connectivity index (χ2n) is 2.45. The van der Waals surface area contributed by atoms with Gasteiger partial charge in [-0.3, -0.25) is 0 Å². The molecule has 1 aromatic heterocycles. The van der Waals surface area contributed by atoms with Crippen LogP contribution in [0, 0.1) is 11.3 Å². The molecular weight excluding hydrogens is 258 g/mol. The zero-order valence-electron chi connectivity index (χ0n) is 6.84. The summed E-state index contributed by atoms with van der Waals surface area (Å²) in [6.45, 7) is 0. The maximum atomic E-state index is 12.4. The predicted molar refractivity (Wildman–Crippen MR) is 48.2 cm³/mol. The Labute approximate surface area is 87.1 Å². The molecule has 0 spiro atoms. The van der Waals surface area contributed by atoms with Gasteiger partial charge in [0, 0.05) is 5.33 Å². The Balaban J connectivity index is 3.34. The first-order chi connectivity index (χ1) is 6.60. The maximum absolute atomic E-state index is 12.4. The molecule has 0 fully saturated rings. The zero-order chi connectivity index (χ0) is 10.7. The van der Waals surface area contributed by atoms with Crippen LogP contribution in [-0.2, 0) is 5.33 Å². The Hall–Kier alpha value is -1.22. The van der Waals surface area contributed by atoms with Gasteiger partial charge >= 0.3 is 0 Å². The normalized spacial score (nSPS) is 10.2. The molecule has 0 aromatic carbocycles. The summed E-state index contributed by atoms with van der Waals surface area (Å²) in [6, 6.07) is 2.64. The Morgan fingerprint density at radius 2 is 2.29 bits per heavy atom. The lowest BCUT2D eigenvalue weighted by Crippen LogP contribution is -1.99. The molecule has 0 amide bonds. The number of nitrogens with zero attached hydrogens (tertiary/aromatic N) is 2. The summed E-state index contributed by atoms with van der Waals surface area (Å²) in [7, 11) is 0. The number of nitriles is 1. The van der Waals surface area contributed by atoms with Crippen LogP contribution in [-0.4, -0.2) is 10.1 Å². The van der Waals surface area contributed by atoms with Crippen LogP contribution < -0.4 is 0 Å². The van der Waals surface area contributed by atoms with Crippen LogP contribution in [0.3, 0.4) is 0 Å². The second kappa shape index (κ2) is 4.33. The molecule has 6 heteroatoms. The molecule has 1 N–H and O–H groups in total. The van der Waals surface area contributed by atoms with Gasteiger partial charge < -0.3 is 5.11 Å². The van der Waals surface area contributed by atoms with E-state index in [1.54, 1.807) is 0 Å². The molecule has 0 aliphatic carbocycles. The lowest BCUT2D eigenvalue weighted by molar-refractivity contribution is 0.145. The molecule has 0 aliphatic rings. The number of halogens is 3. The van der Waals surface area contributed by atoms with Gasteiger partial charge in [0.15, 0.2) is 11.4 Å². The number of pyridine rings is 1. The zero-order valence-corrected chi connectivity index (χ0v) is 8.42. The van der Waals surface area contributed by atoms with Crippen molar-refractivity contribution in [2.45, 2.75) is 11.8 Å². The van der Waals surface area contributed by atoms with E-state index in [2.05, 4.69) is 20.9 Å². The van der Waals surface area contributed by atoms with E-state index in [0.717, 1.165) is 6.07 Å². The van der Waals surface area contributed by atoms with Crippen LogP contribution in [0.25, 0.3) is 0 Å². The van der Waals surface area contributed by atoms with Crippen molar-refractivity contribution in [2.75, 3.05) is 0 Å². The number of aromatic hydroxyl groups is 1. The molecule has 0 unspecified atom stereocenters. The van der Waals surface area contributed by atoms with E-state index in [1.807, 2.05) is 0 Å². The van der Waals surface area contributed by atoms with Crippen LogP contribution in [0.4, 0.5) is 8.78 Å². The Kier molecular flexibility index (Phi) is 3.36. The highest BCUT2D eigenvalue weighted by molar-refractivity contribution is 9.08. The Bertz CT molecular complexity index is 390. The van der Waals surface area contributed by atoms with Crippen LogP contribution >= 0.6 is 15.9 Å². The Morgan fingerprint density at radius 1 is 1.64 bits per heavy atom. The lowest BCUT2D eigenvalue weighted by Gasteiger charge is -2.06. The van der Waals surface area contributed by atoms with E-state index in [-0.39, 0.29) is 22.3 Å². The van der Waals surface area contributed by atoms with Crippen molar-refractivity contribution in [2.24, 2.45) is 0 Å². The summed E-state index contributed by atoms with van der Waals surface area (Å²) in [4.78, 5) is 3.37. The van der Waals surface area contributed by atoms with Gasteiger partial charge in [-0.2, -0.15) is 5.26 Å². The molecule has 1 heterocycles. The molecular formula is C8H5BrF2N2O. The molecule has 14 heavy (non-hydrogen) atoms. The van der Waals surface area contributed by atoms with Gasteiger partial charge in [0.1, 0.15) is 11.8 Å². The third-order valence-electron chi connectivity index (χ3n) is 1.57. The van der Waals surface area contributed by atoms with Crippen molar-refractivity contribution in [3.8, 4) is 11.8 Å². The van der Waals surface area contributed by atoms with Gasteiger partial charge in [-0.05, 0) is 11.6 Å². The molecule has 1 rings (SSSR count). The molecule has 0 bridgehead atoms. The van der Waals surface area contributed by atoms with Gasteiger partial charge in [-0.1, -0.05) is 15.9 Å². The largest absolute Gasteiger partial charge is 0.505 e. The molecule has 0 radical (unpaired) electrons. The van der Waals surface area contributed by atoms with Gasteiger partial charge in [-0.15, -0.1) is 0 Å². The molecule has 74 valence electrons. The molecule has 0 saturated heterocycles. The maximum Gasteiger partial charge on any atom is 0.280 e. The fourth-order valence-corrected chi connectivity index (χ4v) is 1.38. The first kappa shape index (κ1) is 10.9. The van der Waals surface area contributed by atoms with E-state index in [9.17, 15) is 13.9 Å². The topological polar surface area (TPSA) is 56.9 Å². The van der Waals surface area contributed by atoms with Crippen LogP contribution in [0.1, 0.15) is 23.4 Å². The lowest BCUT2D eigenvalue weighted by atomic mass is 10.2. The molecule has 0 aliphatic heterocycles. The predicted octanol–water partition coefficient (Wildman–Crippen LogP) is 2.49. The smallest absolute Gasteiger partial charge is 0.280 e. The van der Waals surface area contributed by atoms with E-state index >= 15 is 0 Å². The monoisotopic (exact) mass is 262 g/mol. The van der Waals surface area contributed by atoms with Crippen LogP contribution in [0.2, 0.25) is 0 Å². The highest BCUT2D eigenvalue weighted by atomic mass is 79.9. The summed E-state index contributed by atoms with van der Waals surface area (Å²) in [5.74, 6) is -0.383. The standard InChI is InChI=1S/C8H5BrF2N2O/c9-2-4-1-6(14)5(3-12)13-7(4)8(10)11/h1,8,14H,2H2. The van der Waals surface area contributed by atoms with Gasteiger partial charge in [-0.25, -0.2) is 13.8 Å². The number of alkyl halides is 3. The number of aromatic nitrogens is 1. The fourth-order valence-electron chi connectivity index (χ4n) is 0.935. The average Bonchev–Trinajstić information content (AvgIpc) is 2.16. The molecule has 0 atom stereocenters. The highest BCUT2D eigenvalue weighted by Gasteiger charge is 2.17. The summed E-state index contributed by atoms with van der Waals surface area (Å²) < 4.78 is 24.8. The van der Waals surface area contributed by atoms with Crippen LogP contribution in [0.5, 0.6) is 5.75 Å². The molecule has 1 aromatic rings. The number of hydrogen-bond donors (Lipinski definition) is 1. The summed E-state index contributed by atoms with van der Waals surface area (Å²) in [6.07, 6.45) is -2.75. The van der Waals surface area contributed by atoms with Crippen molar-refractivity contribution in [3.05, 3.63) is 23.0 Å². The SMILES string of the molecule is N#Cc1nc(C(F)F)c(CBr)cc1O. The number of rotatable bonds is 2. The first-order valence-corrected chi connectivity index (χ1v) is 4.69. The highest BCUT2D eigenvalue weighted by Crippen LogP contribution is 2.27. The quantitative estimate of drug-likeness (QED) is 0.834. The molecule has 3 nitrogen and oxygen atoms in total. The van der Waals surface area contributed by atoms with Gasteiger partial charge in [0.2, 0.25) is 0 Å². The van der Waals surface area contributed by atoms with Crippen LogP contribution in [0.15, 0.2) is 6.07 Å². The number of hydrogen-bond acceptors (Lipinski definition) is 3. The summed E-state index contributed by atoms with van der Waals surface area (Å²) in [5, 5.41) is 17.8. The molecule has 0 saturated carbocycles. The van der Waals surface area contributed by atoms with E-state index < -0.39 is 12.1 Å². The van der Waals surface area contributed by atoms with Gasteiger partial charge in [0.25, 0.3) is 6.43 Å². The van der Waals surface area contributed by atoms with Crippen molar-refractivity contribution in [3.63, 3.8) is 0 Å². The third-order valence-corrected chi connectivity index (χ3v) is 2.18. The van der Waals surface area contributed by atoms with E-state index in [0.29, 0.717) is 0 Å². The first-order valence-electron chi connectivity index (χ1n) is 3.57. The minimum absolute atomic E-state index is 0.152. The minimum atomic E-state index is -2.75. The summed E-state index contributed by atoms with van der Waals surface area (Å²) >= 11 is 2.99. The van der Waals surface area contributed by atoms with Crippen molar-refractivity contribution in [1.29, 1.82) is 5.26 Å². The fraction of sp³-hybridized carbons (Fsp3) is 0.250.